The fraction of sp³-hybridized carbons (Fsp3) is 0.400. The van der Waals surface area contributed by atoms with Crippen LogP contribution in [0.5, 0.6) is 0 Å². The van der Waals surface area contributed by atoms with Crippen LogP contribution in [0.25, 0.3) is 0 Å². The second kappa shape index (κ2) is 5.85. The van der Waals surface area contributed by atoms with E-state index in [1.54, 1.807) is 16.8 Å². The number of aliphatic carboxylic acids is 1. The Morgan fingerprint density at radius 3 is 2.56 bits per heavy atom. The van der Waals surface area contributed by atoms with E-state index in [4.69, 9.17) is 5.11 Å². The average molecular weight is 281 g/mol. The first-order valence-electron chi connectivity index (χ1n) is 4.88. The van der Waals surface area contributed by atoms with Crippen molar-refractivity contribution < 1.29 is 27.9 Å². The summed E-state index contributed by atoms with van der Waals surface area (Å²) in [6, 6.07) is -0.305. The standard InChI is InChI=1S/C10H10F3NO3S/c11-10(12,13)4-7(9(16)17)14-8(15)3-6-1-2-18-5-6/h1-2,5,7H,3-4H2,(H,14,15)(H,16,17). The molecule has 0 aliphatic rings. The van der Waals surface area contributed by atoms with Crippen LogP contribution < -0.4 is 5.32 Å². The molecule has 1 unspecified atom stereocenters. The van der Waals surface area contributed by atoms with Crippen molar-refractivity contribution in [2.45, 2.75) is 25.1 Å². The highest BCUT2D eigenvalue weighted by Crippen LogP contribution is 2.21. The molecule has 1 aromatic heterocycles. The van der Waals surface area contributed by atoms with Gasteiger partial charge in [0, 0.05) is 0 Å². The summed E-state index contributed by atoms with van der Waals surface area (Å²) in [5, 5.41) is 13.8. The lowest BCUT2D eigenvalue weighted by Crippen LogP contribution is -2.44. The van der Waals surface area contributed by atoms with Gasteiger partial charge in [0.25, 0.3) is 0 Å². The zero-order valence-electron chi connectivity index (χ0n) is 9.03. The van der Waals surface area contributed by atoms with Gasteiger partial charge < -0.3 is 10.4 Å². The third-order valence-corrected chi connectivity index (χ3v) is 2.75. The van der Waals surface area contributed by atoms with Crippen LogP contribution in [0, 0.1) is 0 Å². The van der Waals surface area contributed by atoms with Crippen molar-refractivity contribution in [1.82, 2.24) is 5.32 Å². The first-order valence-corrected chi connectivity index (χ1v) is 5.82. The lowest BCUT2D eigenvalue weighted by molar-refractivity contribution is -0.159. The summed E-state index contributed by atoms with van der Waals surface area (Å²) >= 11 is 1.34. The molecule has 0 bridgehead atoms. The van der Waals surface area contributed by atoms with Gasteiger partial charge in [-0.1, -0.05) is 0 Å². The number of carbonyl (C=O) groups excluding carboxylic acids is 1. The molecule has 1 atom stereocenters. The van der Waals surface area contributed by atoms with Crippen LogP contribution in [0.2, 0.25) is 0 Å². The molecule has 1 heterocycles. The van der Waals surface area contributed by atoms with Crippen LogP contribution in [-0.2, 0) is 16.0 Å². The zero-order chi connectivity index (χ0) is 13.8. The molecular formula is C10H10F3NO3S. The highest BCUT2D eigenvalue weighted by Gasteiger charge is 2.36. The van der Waals surface area contributed by atoms with Crippen LogP contribution >= 0.6 is 11.3 Å². The van der Waals surface area contributed by atoms with E-state index in [0.717, 1.165) is 0 Å². The summed E-state index contributed by atoms with van der Waals surface area (Å²) in [6.45, 7) is 0. The largest absolute Gasteiger partial charge is 0.480 e. The highest BCUT2D eigenvalue weighted by atomic mass is 32.1. The monoisotopic (exact) mass is 281 g/mol. The Morgan fingerprint density at radius 2 is 2.11 bits per heavy atom. The van der Waals surface area contributed by atoms with E-state index in [9.17, 15) is 22.8 Å². The summed E-state index contributed by atoms with van der Waals surface area (Å²) in [6.07, 6.45) is -6.36. The number of amides is 1. The molecule has 0 aliphatic heterocycles. The number of rotatable bonds is 5. The van der Waals surface area contributed by atoms with Gasteiger partial charge in [-0.2, -0.15) is 24.5 Å². The molecule has 0 aromatic carbocycles. The maximum atomic E-state index is 12.1. The number of alkyl halides is 3. The molecule has 0 saturated carbocycles. The Hall–Kier alpha value is -1.57. The van der Waals surface area contributed by atoms with Crippen LogP contribution in [0.4, 0.5) is 13.2 Å². The Balaban J connectivity index is 2.56. The predicted molar refractivity (Wildman–Crippen MR) is 58.3 cm³/mol. The number of halogens is 3. The second-order valence-corrected chi connectivity index (χ2v) is 4.37. The van der Waals surface area contributed by atoms with E-state index in [1.165, 1.54) is 11.3 Å². The molecule has 0 spiro atoms. The molecule has 8 heteroatoms. The van der Waals surface area contributed by atoms with Gasteiger partial charge >= 0.3 is 12.1 Å². The van der Waals surface area contributed by atoms with Gasteiger partial charge in [0.15, 0.2) is 0 Å². The van der Waals surface area contributed by atoms with E-state index in [0.29, 0.717) is 5.56 Å². The fourth-order valence-corrected chi connectivity index (χ4v) is 1.92. The minimum atomic E-state index is -4.64. The van der Waals surface area contributed by atoms with Gasteiger partial charge in [-0.15, -0.1) is 0 Å². The van der Waals surface area contributed by atoms with Gasteiger partial charge in [0.1, 0.15) is 6.04 Å². The lowest BCUT2D eigenvalue weighted by Gasteiger charge is -2.16. The van der Waals surface area contributed by atoms with Gasteiger partial charge in [-0.25, -0.2) is 4.79 Å². The number of hydrogen-bond acceptors (Lipinski definition) is 3. The Labute approximate surface area is 104 Å². The molecule has 0 radical (unpaired) electrons. The van der Waals surface area contributed by atoms with Crippen molar-refractivity contribution in [3.05, 3.63) is 22.4 Å². The summed E-state index contributed by atoms with van der Waals surface area (Å²) in [5.41, 5.74) is 0.633. The first-order chi connectivity index (χ1) is 8.28. The molecule has 0 fully saturated rings. The van der Waals surface area contributed by atoms with Crippen molar-refractivity contribution in [3.8, 4) is 0 Å². The molecule has 0 aliphatic carbocycles. The smallest absolute Gasteiger partial charge is 0.391 e. The maximum absolute atomic E-state index is 12.1. The van der Waals surface area contributed by atoms with Crippen molar-refractivity contribution in [3.63, 3.8) is 0 Å². The highest BCUT2D eigenvalue weighted by molar-refractivity contribution is 7.07. The Kier molecular flexibility index (Phi) is 4.71. The zero-order valence-corrected chi connectivity index (χ0v) is 9.85. The fourth-order valence-electron chi connectivity index (χ4n) is 1.26. The third kappa shape index (κ3) is 5.17. The van der Waals surface area contributed by atoms with Gasteiger partial charge in [-0.3, -0.25) is 4.79 Å². The molecule has 1 rings (SSSR count). The van der Waals surface area contributed by atoms with Crippen molar-refractivity contribution >= 4 is 23.2 Å². The molecule has 18 heavy (non-hydrogen) atoms. The molecule has 0 saturated heterocycles. The molecule has 2 N–H and O–H groups in total. The molecule has 4 nitrogen and oxygen atoms in total. The number of carboxylic acid groups (broad SMARTS) is 1. The van der Waals surface area contributed by atoms with Gasteiger partial charge in [0.2, 0.25) is 5.91 Å². The summed E-state index contributed by atoms with van der Waals surface area (Å²) in [4.78, 5) is 22.0. The van der Waals surface area contributed by atoms with Crippen LogP contribution in [0.1, 0.15) is 12.0 Å². The molecule has 1 amide bonds. The lowest BCUT2D eigenvalue weighted by atomic mass is 10.1. The number of thiophene rings is 1. The molecular weight excluding hydrogens is 271 g/mol. The van der Waals surface area contributed by atoms with E-state index >= 15 is 0 Å². The van der Waals surface area contributed by atoms with Crippen LogP contribution in [0.3, 0.4) is 0 Å². The minimum Gasteiger partial charge on any atom is -0.480 e. The molecule has 100 valence electrons. The number of carboxylic acids is 1. The maximum Gasteiger partial charge on any atom is 0.391 e. The van der Waals surface area contributed by atoms with Crippen molar-refractivity contribution in [1.29, 1.82) is 0 Å². The van der Waals surface area contributed by atoms with E-state index in [-0.39, 0.29) is 6.42 Å². The van der Waals surface area contributed by atoms with Crippen molar-refractivity contribution in [2.75, 3.05) is 0 Å². The summed E-state index contributed by atoms with van der Waals surface area (Å²) in [5.74, 6) is -2.45. The average Bonchev–Trinajstić information content (AvgIpc) is 2.66. The summed E-state index contributed by atoms with van der Waals surface area (Å²) in [7, 11) is 0. The molecule has 1 aromatic rings. The summed E-state index contributed by atoms with van der Waals surface area (Å²) < 4.78 is 36.2. The number of carbonyl (C=O) groups is 2. The minimum absolute atomic E-state index is 0.134. The third-order valence-electron chi connectivity index (χ3n) is 2.01. The van der Waals surface area contributed by atoms with E-state index < -0.39 is 30.5 Å². The topological polar surface area (TPSA) is 66.4 Å². The van der Waals surface area contributed by atoms with Crippen molar-refractivity contribution in [2.24, 2.45) is 0 Å². The normalized spacial score (nSPS) is 13.1. The van der Waals surface area contributed by atoms with Crippen LogP contribution in [0.15, 0.2) is 16.8 Å². The second-order valence-electron chi connectivity index (χ2n) is 3.59. The SMILES string of the molecule is O=C(Cc1ccsc1)NC(CC(F)(F)F)C(=O)O. The van der Waals surface area contributed by atoms with Gasteiger partial charge in [0.05, 0.1) is 12.8 Å². The first kappa shape index (κ1) is 14.5. The number of hydrogen-bond donors (Lipinski definition) is 2. The van der Waals surface area contributed by atoms with Crippen LogP contribution in [-0.4, -0.2) is 29.2 Å². The predicted octanol–water partition coefficient (Wildman–Crippen LogP) is 1.81. The van der Waals surface area contributed by atoms with E-state index in [1.807, 2.05) is 5.32 Å². The number of nitrogens with one attached hydrogen (secondary N) is 1. The van der Waals surface area contributed by atoms with E-state index in [2.05, 4.69) is 0 Å². The Morgan fingerprint density at radius 1 is 1.44 bits per heavy atom. The van der Waals surface area contributed by atoms with Gasteiger partial charge in [-0.05, 0) is 22.4 Å². The quantitative estimate of drug-likeness (QED) is 0.865. The Bertz CT molecular complexity index is 417.